The van der Waals surface area contributed by atoms with Crippen LogP contribution in [0.25, 0.3) is 16.0 Å². The molecule has 1 saturated heterocycles. The highest BCUT2D eigenvalue weighted by molar-refractivity contribution is 7.22. The number of unbranched alkanes of at least 4 members (excludes halogenated alkanes) is 1. The number of rotatable bonds is 8. The van der Waals surface area contributed by atoms with Gasteiger partial charge in [0.1, 0.15) is 17.3 Å². The maximum Gasteiger partial charge on any atom is 0.301 e. The Morgan fingerprint density at radius 2 is 1.84 bits per heavy atom. The number of fused-ring (bicyclic) bond motifs is 1. The van der Waals surface area contributed by atoms with E-state index in [4.69, 9.17) is 9.47 Å². The molecule has 4 aromatic rings. The van der Waals surface area contributed by atoms with Gasteiger partial charge in [0.05, 0.1) is 35.5 Å². The van der Waals surface area contributed by atoms with Crippen molar-refractivity contribution >= 4 is 44.1 Å². The number of ether oxygens (including phenoxy) is 2. The number of aliphatic hydroxyl groups excluding tert-OH is 1. The first-order valence-electron chi connectivity index (χ1n) is 12.5. The zero-order valence-corrected chi connectivity index (χ0v) is 22.2. The number of anilines is 1. The number of amides is 1. The number of nitrogens with zero attached hydrogens (tertiary/aromatic N) is 2. The van der Waals surface area contributed by atoms with Crippen LogP contribution in [0, 0.1) is 6.92 Å². The second-order valence-electron chi connectivity index (χ2n) is 9.14. The number of methoxy groups -OCH3 is 1. The predicted octanol–water partition coefficient (Wildman–Crippen LogP) is 6.42. The maximum atomic E-state index is 13.5. The number of Topliss-reactive ketones (excluding diaryl/α,β-unsaturated/α-hetero) is 1. The van der Waals surface area contributed by atoms with E-state index in [1.165, 1.54) is 16.2 Å². The van der Waals surface area contributed by atoms with E-state index >= 15 is 0 Å². The zero-order chi connectivity index (χ0) is 26.8. The van der Waals surface area contributed by atoms with Gasteiger partial charge in [-0.1, -0.05) is 66.6 Å². The summed E-state index contributed by atoms with van der Waals surface area (Å²) in [6.07, 6.45) is 1.91. The molecular weight excluding hydrogens is 500 g/mol. The van der Waals surface area contributed by atoms with Crippen molar-refractivity contribution in [2.24, 2.45) is 0 Å². The van der Waals surface area contributed by atoms with E-state index in [1.807, 2.05) is 55.5 Å². The van der Waals surface area contributed by atoms with E-state index in [2.05, 4.69) is 11.9 Å². The molecule has 1 aliphatic rings. The molecule has 7 nitrogen and oxygen atoms in total. The fourth-order valence-electron chi connectivity index (χ4n) is 4.44. The summed E-state index contributed by atoms with van der Waals surface area (Å²) >= 11 is 1.29. The first-order chi connectivity index (χ1) is 18.4. The molecule has 1 fully saturated rings. The third kappa shape index (κ3) is 4.75. The van der Waals surface area contributed by atoms with Crippen LogP contribution in [-0.4, -0.2) is 35.5 Å². The van der Waals surface area contributed by atoms with E-state index in [0.29, 0.717) is 39.9 Å². The molecular formula is C30H28N2O5S. The van der Waals surface area contributed by atoms with Crippen molar-refractivity contribution in [3.8, 4) is 11.5 Å². The highest BCUT2D eigenvalue weighted by atomic mass is 32.1. The molecule has 0 spiro atoms. The number of carbonyl (C=O) groups is 2. The second kappa shape index (κ2) is 10.7. The van der Waals surface area contributed by atoms with E-state index in [1.54, 1.807) is 25.3 Å². The molecule has 2 heterocycles. The smallest absolute Gasteiger partial charge is 0.301 e. The van der Waals surface area contributed by atoms with Gasteiger partial charge in [0.25, 0.3) is 5.78 Å². The van der Waals surface area contributed by atoms with Crippen molar-refractivity contribution in [3.63, 3.8) is 0 Å². The summed E-state index contributed by atoms with van der Waals surface area (Å²) in [6.45, 7) is 4.59. The number of ketones is 1. The lowest BCUT2D eigenvalue weighted by molar-refractivity contribution is -0.132. The Hall–Kier alpha value is -4.17. The van der Waals surface area contributed by atoms with Crippen molar-refractivity contribution in [3.05, 3.63) is 89.0 Å². The summed E-state index contributed by atoms with van der Waals surface area (Å²) in [7, 11) is 1.59. The van der Waals surface area contributed by atoms with Crippen molar-refractivity contribution < 1.29 is 24.2 Å². The molecule has 194 valence electrons. The van der Waals surface area contributed by atoms with Crippen LogP contribution < -0.4 is 14.4 Å². The number of hydrogen-bond acceptors (Lipinski definition) is 7. The second-order valence-corrected chi connectivity index (χ2v) is 10.1. The van der Waals surface area contributed by atoms with Crippen LogP contribution in [0.2, 0.25) is 0 Å². The molecule has 1 aromatic heterocycles. The van der Waals surface area contributed by atoms with Crippen LogP contribution >= 0.6 is 11.3 Å². The summed E-state index contributed by atoms with van der Waals surface area (Å²) in [5.74, 6) is -0.432. The van der Waals surface area contributed by atoms with Gasteiger partial charge in [-0.25, -0.2) is 4.98 Å². The minimum atomic E-state index is -0.881. The third-order valence-electron chi connectivity index (χ3n) is 6.50. The Kier molecular flexibility index (Phi) is 7.15. The van der Waals surface area contributed by atoms with Gasteiger partial charge in [-0.2, -0.15) is 0 Å². The monoisotopic (exact) mass is 528 g/mol. The van der Waals surface area contributed by atoms with Crippen LogP contribution in [0.5, 0.6) is 11.5 Å². The molecule has 38 heavy (non-hydrogen) atoms. The zero-order valence-electron chi connectivity index (χ0n) is 21.4. The summed E-state index contributed by atoms with van der Waals surface area (Å²) in [6, 6.07) is 19.1. The number of aryl methyl sites for hydroxylation is 1. The molecule has 0 bridgehead atoms. The molecule has 1 amide bonds. The highest BCUT2D eigenvalue weighted by Gasteiger charge is 2.48. The fourth-order valence-corrected chi connectivity index (χ4v) is 5.46. The summed E-state index contributed by atoms with van der Waals surface area (Å²) in [5, 5.41) is 11.7. The minimum Gasteiger partial charge on any atom is -0.507 e. The predicted molar refractivity (Wildman–Crippen MR) is 149 cm³/mol. The number of thiazole rings is 1. The van der Waals surface area contributed by atoms with Crippen LogP contribution in [0.3, 0.4) is 0 Å². The van der Waals surface area contributed by atoms with Gasteiger partial charge in [0.15, 0.2) is 5.13 Å². The van der Waals surface area contributed by atoms with Gasteiger partial charge < -0.3 is 14.6 Å². The Labute approximate surface area is 225 Å². The van der Waals surface area contributed by atoms with E-state index in [9.17, 15) is 14.7 Å². The van der Waals surface area contributed by atoms with Crippen molar-refractivity contribution in [1.29, 1.82) is 0 Å². The lowest BCUT2D eigenvalue weighted by Crippen LogP contribution is -2.29. The lowest BCUT2D eigenvalue weighted by atomic mass is 9.95. The van der Waals surface area contributed by atoms with E-state index in [0.717, 1.165) is 23.1 Å². The molecule has 0 radical (unpaired) electrons. The molecule has 1 atom stereocenters. The number of aromatic nitrogens is 1. The van der Waals surface area contributed by atoms with Gasteiger partial charge in [0.2, 0.25) is 0 Å². The van der Waals surface area contributed by atoms with Crippen molar-refractivity contribution in [2.75, 3.05) is 18.6 Å². The van der Waals surface area contributed by atoms with Gasteiger partial charge >= 0.3 is 5.91 Å². The van der Waals surface area contributed by atoms with Crippen LogP contribution in [0.1, 0.15) is 42.5 Å². The third-order valence-corrected chi connectivity index (χ3v) is 7.52. The van der Waals surface area contributed by atoms with Crippen LogP contribution in [0.4, 0.5) is 5.13 Å². The average molecular weight is 529 g/mol. The molecule has 0 saturated carbocycles. The molecule has 1 unspecified atom stereocenters. The van der Waals surface area contributed by atoms with Gasteiger partial charge in [0, 0.05) is 5.56 Å². The van der Waals surface area contributed by atoms with E-state index in [-0.39, 0.29) is 11.3 Å². The normalized spacial score (nSPS) is 16.8. The topological polar surface area (TPSA) is 89.0 Å². The first-order valence-corrected chi connectivity index (χ1v) is 13.3. The summed E-state index contributed by atoms with van der Waals surface area (Å²) in [4.78, 5) is 33.1. The SMILES string of the molecule is CCCCOc1cccc(C2C(=C(O)c3ccc(C)cc3)C(=O)C(=O)N2c2nc3ccc(OC)cc3s2)c1. The van der Waals surface area contributed by atoms with Gasteiger partial charge in [-0.05, 0) is 49.2 Å². The molecule has 1 N–H and O–H groups in total. The minimum absolute atomic E-state index is 0.0152. The Balaban J connectivity index is 1.67. The van der Waals surface area contributed by atoms with Crippen LogP contribution in [0.15, 0.2) is 72.3 Å². The van der Waals surface area contributed by atoms with Crippen molar-refractivity contribution in [2.45, 2.75) is 32.7 Å². The number of hydrogen-bond donors (Lipinski definition) is 1. The maximum absolute atomic E-state index is 13.5. The van der Waals surface area contributed by atoms with Crippen molar-refractivity contribution in [1.82, 2.24) is 4.98 Å². The van der Waals surface area contributed by atoms with Crippen LogP contribution in [-0.2, 0) is 9.59 Å². The quantitative estimate of drug-likeness (QED) is 0.123. The Bertz CT molecular complexity index is 1540. The van der Waals surface area contributed by atoms with Gasteiger partial charge in [-0.3, -0.25) is 14.5 Å². The number of carbonyl (C=O) groups excluding carboxylic acids is 2. The molecule has 3 aromatic carbocycles. The summed E-state index contributed by atoms with van der Waals surface area (Å²) in [5.41, 5.74) is 2.81. The molecule has 0 aliphatic carbocycles. The largest absolute Gasteiger partial charge is 0.507 e. The Morgan fingerprint density at radius 3 is 2.58 bits per heavy atom. The lowest BCUT2D eigenvalue weighted by Gasteiger charge is -2.23. The average Bonchev–Trinajstić information content (AvgIpc) is 3.46. The highest BCUT2D eigenvalue weighted by Crippen LogP contribution is 2.45. The Morgan fingerprint density at radius 1 is 1.05 bits per heavy atom. The summed E-state index contributed by atoms with van der Waals surface area (Å²) < 4.78 is 12.1. The molecule has 8 heteroatoms. The van der Waals surface area contributed by atoms with E-state index < -0.39 is 17.7 Å². The molecule has 5 rings (SSSR count). The molecule has 1 aliphatic heterocycles. The number of aliphatic hydroxyl groups is 1. The standard InChI is InChI=1S/C30H28N2O5S/c1-4-5-15-37-22-8-6-7-20(16-22)26-25(27(33)19-11-9-18(2)10-12-19)28(34)29(35)32(26)30-31-23-14-13-21(36-3)17-24(23)38-30/h6-14,16-17,26,33H,4-5,15H2,1-3H3. The fraction of sp³-hybridized carbons (Fsp3) is 0.233. The first kappa shape index (κ1) is 25.5. The number of benzene rings is 3. The van der Waals surface area contributed by atoms with Gasteiger partial charge in [-0.15, -0.1) is 0 Å².